The van der Waals surface area contributed by atoms with Crippen LogP contribution in [0.25, 0.3) is 0 Å². The molecule has 0 bridgehead atoms. The Balaban J connectivity index is 1.82. The number of fused-ring (bicyclic) bond motifs is 1. The van der Waals surface area contributed by atoms with Gasteiger partial charge < -0.3 is 10.2 Å². The van der Waals surface area contributed by atoms with Gasteiger partial charge in [0, 0.05) is 36.9 Å². The highest BCUT2D eigenvalue weighted by molar-refractivity contribution is 8.00. The monoisotopic (exact) mass is 448 g/mol. The number of benzene rings is 1. The van der Waals surface area contributed by atoms with Gasteiger partial charge in [-0.25, -0.2) is 8.42 Å². The zero-order valence-electron chi connectivity index (χ0n) is 16.9. The molecule has 2 amide bonds. The van der Waals surface area contributed by atoms with E-state index in [2.05, 4.69) is 10.3 Å². The summed E-state index contributed by atoms with van der Waals surface area (Å²) in [5.41, 5.74) is 1.29. The van der Waals surface area contributed by atoms with E-state index in [-0.39, 0.29) is 29.0 Å². The molecule has 1 aliphatic heterocycles. The summed E-state index contributed by atoms with van der Waals surface area (Å²) in [5.74, 6) is -0.367. The Labute approximate surface area is 180 Å². The summed E-state index contributed by atoms with van der Waals surface area (Å²) in [6.45, 7) is 4.37. The molecule has 8 nitrogen and oxygen atoms in total. The van der Waals surface area contributed by atoms with Gasteiger partial charge in [0.1, 0.15) is 6.54 Å². The van der Waals surface area contributed by atoms with Crippen LogP contribution < -0.4 is 10.2 Å². The molecular weight excluding hydrogens is 424 g/mol. The van der Waals surface area contributed by atoms with Gasteiger partial charge >= 0.3 is 0 Å². The van der Waals surface area contributed by atoms with Crippen molar-refractivity contribution in [2.24, 2.45) is 0 Å². The zero-order valence-corrected chi connectivity index (χ0v) is 18.5. The van der Waals surface area contributed by atoms with Crippen LogP contribution in [-0.4, -0.2) is 54.9 Å². The van der Waals surface area contributed by atoms with Crippen LogP contribution in [0.15, 0.2) is 52.5 Å². The molecule has 1 N–H and O–H groups in total. The number of carbonyl (C=O) groups excluding carboxylic acids is 2. The first-order valence-corrected chi connectivity index (χ1v) is 12.0. The summed E-state index contributed by atoms with van der Waals surface area (Å²) >= 11 is 1.34. The quantitative estimate of drug-likeness (QED) is 0.662. The average molecular weight is 449 g/mol. The van der Waals surface area contributed by atoms with Crippen LogP contribution in [0.5, 0.6) is 0 Å². The fourth-order valence-corrected chi connectivity index (χ4v) is 5.53. The van der Waals surface area contributed by atoms with E-state index in [1.807, 2.05) is 6.07 Å². The fraction of sp³-hybridized carbons (Fsp3) is 0.350. The first-order valence-electron chi connectivity index (χ1n) is 9.59. The van der Waals surface area contributed by atoms with Crippen LogP contribution in [0.4, 0.5) is 5.69 Å². The summed E-state index contributed by atoms with van der Waals surface area (Å²) in [6.07, 6.45) is 3.30. The Kier molecular flexibility index (Phi) is 7.11. The molecule has 2 heterocycles. The number of thioether (sulfide) groups is 1. The Morgan fingerprint density at radius 2 is 2.03 bits per heavy atom. The predicted molar refractivity (Wildman–Crippen MR) is 116 cm³/mol. The molecule has 3 rings (SSSR count). The van der Waals surface area contributed by atoms with Gasteiger partial charge in [0.15, 0.2) is 0 Å². The normalized spacial score (nSPS) is 14.0. The second-order valence-corrected chi connectivity index (χ2v) is 9.58. The lowest BCUT2D eigenvalue weighted by atomic mass is 10.2. The van der Waals surface area contributed by atoms with Gasteiger partial charge in [-0.3, -0.25) is 14.6 Å². The van der Waals surface area contributed by atoms with E-state index in [0.29, 0.717) is 25.3 Å². The Morgan fingerprint density at radius 3 is 2.70 bits per heavy atom. The lowest BCUT2D eigenvalue weighted by Crippen LogP contribution is -2.43. The number of hydrogen-bond acceptors (Lipinski definition) is 6. The van der Waals surface area contributed by atoms with E-state index in [1.165, 1.54) is 27.0 Å². The molecule has 1 aromatic carbocycles. The molecule has 0 radical (unpaired) electrons. The average Bonchev–Trinajstić information content (AvgIpc) is 2.75. The number of aromatic nitrogens is 1. The molecule has 1 aromatic heterocycles. The van der Waals surface area contributed by atoms with E-state index in [0.717, 1.165) is 10.5 Å². The molecule has 1 aliphatic rings. The van der Waals surface area contributed by atoms with E-state index in [4.69, 9.17) is 0 Å². The van der Waals surface area contributed by atoms with E-state index in [9.17, 15) is 18.0 Å². The highest BCUT2D eigenvalue weighted by atomic mass is 32.2. The molecule has 30 heavy (non-hydrogen) atoms. The van der Waals surface area contributed by atoms with Crippen molar-refractivity contribution >= 4 is 39.3 Å². The summed E-state index contributed by atoms with van der Waals surface area (Å²) in [6, 6.07) is 8.36. The Hall–Kier alpha value is -2.43. The van der Waals surface area contributed by atoms with Gasteiger partial charge in [-0.05, 0) is 29.8 Å². The van der Waals surface area contributed by atoms with Crippen molar-refractivity contribution in [1.29, 1.82) is 0 Å². The predicted octanol–water partition coefficient (Wildman–Crippen LogP) is 1.87. The summed E-state index contributed by atoms with van der Waals surface area (Å²) in [5, 5.41) is 2.77. The zero-order chi connectivity index (χ0) is 21.7. The molecule has 160 valence electrons. The number of nitrogens with one attached hydrogen (secondary N) is 1. The molecule has 0 saturated carbocycles. The van der Waals surface area contributed by atoms with Crippen LogP contribution in [0, 0.1) is 0 Å². The highest BCUT2D eigenvalue weighted by Gasteiger charge is 2.29. The number of nitrogens with zero attached hydrogens (tertiary/aromatic N) is 3. The van der Waals surface area contributed by atoms with Gasteiger partial charge in [0.2, 0.25) is 21.8 Å². The van der Waals surface area contributed by atoms with Crippen molar-refractivity contribution < 1.29 is 18.0 Å². The summed E-state index contributed by atoms with van der Waals surface area (Å²) < 4.78 is 27.1. The summed E-state index contributed by atoms with van der Waals surface area (Å²) in [7, 11) is -3.67. The van der Waals surface area contributed by atoms with Gasteiger partial charge in [-0.15, -0.1) is 11.8 Å². The van der Waals surface area contributed by atoms with E-state index in [1.54, 1.807) is 44.4 Å². The largest absolute Gasteiger partial charge is 0.350 e. The first-order chi connectivity index (χ1) is 14.4. The molecule has 2 aromatic rings. The third-order valence-electron chi connectivity index (χ3n) is 4.73. The molecule has 0 spiro atoms. The van der Waals surface area contributed by atoms with Crippen molar-refractivity contribution in [2.45, 2.75) is 30.2 Å². The lowest BCUT2D eigenvalue weighted by molar-refractivity contribution is -0.123. The fourth-order valence-electron chi connectivity index (χ4n) is 3.13. The van der Waals surface area contributed by atoms with Crippen LogP contribution in [0.1, 0.15) is 19.4 Å². The number of anilines is 1. The molecule has 0 unspecified atom stereocenters. The maximum Gasteiger partial charge on any atom is 0.243 e. The van der Waals surface area contributed by atoms with Crippen molar-refractivity contribution in [3.8, 4) is 0 Å². The number of pyridine rings is 1. The van der Waals surface area contributed by atoms with Crippen LogP contribution >= 0.6 is 11.8 Å². The highest BCUT2D eigenvalue weighted by Crippen LogP contribution is 2.37. The van der Waals surface area contributed by atoms with Gasteiger partial charge in [-0.2, -0.15) is 4.31 Å². The molecule has 0 saturated heterocycles. The second kappa shape index (κ2) is 9.59. The number of sulfonamides is 1. The van der Waals surface area contributed by atoms with Gasteiger partial charge in [0.25, 0.3) is 0 Å². The third kappa shape index (κ3) is 4.82. The maximum atomic E-state index is 12.9. The van der Waals surface area contributed by atoms with Crippen molar-refractivity contribution in [3.63, 3.8) is 0 Å². The van der Waals surface area contributed by atoms with Crippen LogP contribution in [0.2, 0.25) is 0 Å². The smallest absolute Gasteiger partial charge is 0.243 e. The third-order valence-corrected chi connectivity index (χ3v) is 7.82. The van der Waals surface area contributed by atoms with Gasteiger partial charge in [-0.1, -0.05) is 19.9 Å². The van der Waals surface area contributed by atoms with Crippen molar-refractivity contribution in [1.82, 2.24) is 14.6 Å². The van der Waals surface area contributed by atoms with Crippen LogP contribution in [-0.2, 0) is 26.2 Å². The maximum absolute atomic E-state index is 12.9. The SMILES string of the molecule is CCN(CC)S(=O)(=O)c1ccc2c(c1)N(CC(=O)NCc1cccnc1)C(=O)CS2. The Morgan fingerprint density at radius 1 is 1.27 bits per heavy atom. The lowest BCUT2D eigenvalue weighted by Gasteiger charge is -2.29. The standard InChI is InChI=1S/C20H24N4O4S2/c1-3-23(4-2)30(27,28)16-7-8-18-17(10-16)24(20(26)14-29-18)13-19(25)22-12-15-6-5-9-21-11-15/h5-11H,3-4,12-14H2,1-2H3,(H,22,25). The molecular formula is C20H24N4O4S2. The molecule has 0 aliphatic carbocycles. The molecule has 0 fully saturated rings. The Bertz CT molecular complexity index is 1020. The minimum absolute atomic E-state index is 0.112. The number of rotatable bonds is 8. The van der Waals surface area contributed by atoms with E-state index < -0.39 is 10.0 Å². The number of amides is 2. The van der Waals surface area contributed by atoms with E-state index >= 15 is 0 Å². The van der Waals surface area contributed by atoms with Crippen LogP contribution in [0.3, 0.4) is 0 Å². The van der Waals surface area contributed by atoms with Crippen molar-refractivity contribution in [2.75, 3.05) is 30.3 Å². The van der Waals surface area contributed by atoms with Gasteiger partial charge in [0.05, 0.1) is 16.3 Å². The second-order valence-electron chi connectivity index (χ2n) is 6.63. The molecule has 0 atom stereocenters. The minimum Gasteiger partial charge on any atom is -0.350 e. The minimum atomic E-state index is -3.67. The summed E-state index contributed by atoms with van der Waals surface area (Å²) in [4.78, 5) is 31.2. The number of hydrogen-bond donors (Lipinski definition) is 1. The topological polar surface area (TPSA) is 99.7 Å². The van der Waals surface area contributed by atoms with Crippen molar-refractivity contribution in [3.05, 3.63) is 48.3 Å². The molecule has 10 heteroatoms. The first kappa shape index (κ1) is 22.3. The number of carbonyl (C=O) groups is 2.